The van der Waals surface area contributed by atoms with Gasteiger partial charge in [0.05, 0.1) is 0 Å². The molecule has 0 aliphatic carbocycles. The van der Waals surface area contributed by atoms with Gasteiger partial charge < -0.3 is 14.5 Å². The highest BCUT2D eigenvalue weighted by Gasteiger charge is 2.26. The molecular formula is C24H30N2O3. The molecule has 5 heteroatoms. The number of amides is 1. The van der Waals surface area contributed by atoms with Gasteiger partial charge in [-0.2, -0.15) is 0 Å². The second-order valence-corrected chi connectivity index (χ2v) is 7.72. The van der Waals surface area contributed by atoms with Crippen LogP contribution in [0, 0.1) is 0 Å². The molecule has 1 saturated heterocycles. The molecule has 0 bridgehead atoms. The van der Waals surface area contributed by atoms with Crippen LogP contribution in [0.4, 0.5) is 0 Å². The fourth-order valence-corrected chi connectivity index (χ4v) is 3.70. The number of hydrogen-bond donors (Lipinski definition) is 0. The minimum Gasteiger partial charge on any atom is -0.484 e. The van der Waals surface area contributed by atoms with Crippen LogP contribution >= 0.6 is 0 Å². The molecule has 1 aliphatic rings. The first-order chi connectivity index (χ1) is 14.0. The highest BCUT2D eigenvalue weighted by atomic mass is 16.5. The number of rotatable bonds is 8. The van der Waals surface area contributed by atoms with Gasteiger partial charge in [-0.25, -0.2) is 0 Å². The van der Waals surface area contributed by atoms with Crippen LogP contribution in [0.2, 0.25) is 0 Å². The van der Waals surface area contributed by atoms with Crippen molar-refractivity contribution in [2.24, 2.45) is 0 Å². The Bertz CT molecular complexity index is 805. The minimum atomic E-state index is 0.0156. The van der Waals surface area contributed by atoms with E-state index >= 15 is 0 Å². The summed E-state index contributed by atoms with van der Waals surface area (Å²) < 4.78 is 5.64. The Morgan fingerprint density at radius 3 is 2.52 bits per heavy atom. The first-order valence-electron chi connectivity index (χ1n) is 10.3. The Labute approximate surface area is 173 Å². The topological polar surface area (TPSA) is 49.9 Å². The fourth-order valence-electron chi connectivity index (χ4n) is 3.70. The van der Waals surface area contributed by atoms with E-state index in [0.29, 0.717) is 17.4 Å². The van der Waals surface area contributed by atoms with Gasteiger partial charge in [0.15, 0.2) is 12.4 Å². The number of likely N-dealkylation sites (N-methyl/N-ethyl adjacent to an activating group) is 1. The molecule has 1 amide bonds. The molecule has 0 N–H and O–H groups in total. The summed E-state index contributed by atoms with van der Waals surface area (Å²) in [5.74, 6) is 0.641. The van der Waals surface area contributed by atoms with Gasteiger partial charge in [-0.3, -0.25) is 9.59 Å². The van der Waals surface area contributed by atoms with Crippen molar-refractivity contribution in [1.29, 1.82) is 0 Å². The lowest BCUT2D eigenvalue weighted by molar-refractivity contribution is -0.135. The smallest absolute Gasteiger partial charge is 0.260 e. The molecule has 0 unspecified atom stereocenters. The molecule has 1 atom stereocenters. The van der Waals surface area contributed by atoms with E-state index in [0.717, 1.165) is 38.9 Å². The highest BCUT2D eigenvalue weighted by molar-refractivity contribution is 5.94. The standard InChI is InChI=1S/C24H30N2O3/c1-19(27)21-10-12-23(13-11-21)29-18-24(28)26-15-6-9-22(17-26)25(2)16-14-20-7-4-3-5-8-20/h3-5,7-8,10-13,22H,6,9,14-18H2,1-2H3/t22-/m1/s1. The van der Waals surface area contributed by atoms with Crippen molar-refractivity contribution in [3.8, 4) is 5.75 Å². The van der Waals surface area contributed by atoms with E-state index in [1.54, 1.807) is 24.3 Å². The molecule has 0 radical (unpaired) electrons. The first-order valence-corrected chi connectivity index (χ1v) is 10.3. The Balaban J connectivity index is 1.46. The van der Waals surface area contributed by atoms with Crippen molar-refractivity contribution < 1.29 is 14.3 Å². The highest BCUT2D eigenvalue weighted by Crippen LogP contribution is 2.17. The third-order valence-corrected chi connectivity index (χ3v) is 5.59. The molecule has 2 aromatic carbocycles. The van der Waals surface area contributed by atoms with Gasteiger partial charge in [-0.1, -0.05) is 30.3 Å². The number of Topliss-reactive ketones (excluding diaryl/α,β-unsaturated/α-hetero) is 1. The summed E-state index contributed by atoms with van der Waals surface area (Å²) >= 11 is 0. The van der Waals surface area contributed by atoms with E-state index in [9.17, 15) is 9.59 Å². The van der Waals surface area contributed by atoms with Crippen LogP contribution in [0.15, 0.2) is 54.6 Å². The largest absolute Gasteiger partial charge is 0.484 e. The molecule has 5 nitrogen and oxygen atoms in total. The zero-order chi connectivity index (χ0) is 20.6. The third-order valence-electron chi connectivity index (χ3n) is 5.59. The molecule has 154 valence electrons. The number of hydrogen-bond acceptors (Lipinski definition) is 4. The van der Waals surface area contributed by atoms with Gasteiger partial charge in [0, 0.05) is 31.2 Å². The van der Waals surface area contributed by atoms with Crippen LogP contribution in [-0.4, -0.2) is 60.8 Å². The monoisotopic (exact) mass is 394 g/mol. The Kier molecular flexibility index (Phi) is 7.42. The first kappa shape index (κ1) is 21.1. The van der Waals surface area contributed by atoms with Crippen LogP contribution in [0.5, 0.6) is 5.75 Å². The lowest BCUT2D eigenvalue weighted by atomic mass is 10.0. The van der Waals surface area contributed by atoms with Crippen LogP contribution in [0.25, 0.3) is 0 Å². The van der Waals surface area contributed by atoms with E-state index in [1.165, 1.54) is 12.5 Å². The molecule has 29 heavy (non-hydrogen) atoms. The summed E-state index contributed by atoms with van der Waals surface area (Å²) in [6, 6.07) is 17.8. The molecule has 1 fully saturated rings. The Morgan fingerprint density at radius 1 is 1.10 bits per heavy atom. The fraction of sp³-hybridized carbons (Fsp3) is 0.417. The van der Waals surface area contributed by atoms with Gasteiger partial charge in [-0.15, -0.1) is 0 Å². The van der Waals surface area contributed by atoms with Crippen molar-refractivity contribution >= 4 is 11.7 Å². The molecule has 0 saturated carbocycles. The maximum atomic E-state index is 12.6. The Hall–Kier alpha value is -2.66. The maximum absolute atomic E-state index is 12.6. The third kappa shape index (κ3) is 6.16. The van der Waals surface area contributed by atoms with Crippen molar-refractivity contribution in [3.05, 3.63) is 65.7 Å². The van der Waals surface area contributed by atoms with Gasteiger partial charge in [0.1, 0.15) is 5.75 Å². The predicted molar refractivity (Wildman–Crippen MR) is 114 cm³/mol. The normalized spacial score (nSPS) is 16.7. The summed E-state index contributed by atoms with van der Waals surface area (Å²) in [5, 5.41) is 0. The summed E-state index contributed by atoms with van der Waals surface area (Å²) in [7, 11) is 2.15. The number of carbonyl (C=O) groups is 2. The minimum absolute atomic E-state index is 0.0156. The average molecular weight is 395 g/mol. The molecule has 2 aromatic rings. The molecule has 0 aromatic heterocycles. The van der Waals surface area contributed by atoms with Gasteiger partial charge in [0.25, 0.3) is 5.91 Å². The summed E-state index contributed by atoms with van der Waals surface area (Å²) in [4.78, 5) is 28.2. The van der Waals surface area contributed by atoms with E-state index in [1.807, 2.05) is 11.0 Å². The molecule has 0 spiro atoms. The van der Waals surface area contributed by atoms with Gasteiger partial charge in [-0.05, 0) is 63.1 Å². The van der Waals surface area contributed by atoms with Crippen molar-refractivity contribution in [2.75, 3.05) is 33.3 Å². The van der Waals surface area contributed by atoms with Crippen molar-refractivity contribution in [3.63, 3.8) is 0 Å². The number of nitrogens with zero attached hydrogens (tertiary/aromatic N) is 2. The lowest BCUT2D eigenvalue weighted by Crippen LogP contribution is -2.50. The van der Waals surface area contributed by atoms with Gasteiger partial charge >= 0.3 is 0 Å². The van der Waals surface area contributed by atoms with Crippen molar-refractivity contribution in [2.45, 2.75) is 32.2 Å². The number of carbonyl (C=O) groups excluding carboxylic acids is 2. The van der Waals surface area contributed by atoms with Crippen molar-refractivity contribution in [1.82, 2.24) is 9.80 Å². The van der Waals surface area contributed by atoms with Crippen LogP contribution in [-0.2, 0) is 11.2 Å². The van der Waals surface area contributed by atoms with Crippen LogP contribution in [0.3, 0.4) is 0 Å². The number of piperidine rings is 1. The maximum Gasteiger partial charge on any atom is 0.260 e. The van der Waals surface area contributed by atoms with E-state index < -0.39 is 0 Å². The van der Waals surface area contributed by atoms with Gasteiger partial charge in [0.2, 0.25) is 0 Å². The van der Waals surface area contributed by atoms with Crippen LogP contribution < -0.4 is 4.74 Å². The molecule has 3 rings (SSSR count). The predicted octanol–water partition coefficient (Wildman–Crippen LogP) is 3.43. The van der Waals surface area contributed by atoms with E-state index in [4.69, 9.17) is 4.74 Å². The molecule has 1 heterocycles. The zero-order valence-electron chi connectivity index (χ0n) is 17.3. The molecule has 1 aliphatic heterocycles. The second-order valence-electron chi connectivity index (χ2n) is 7.72. The average Bonchev–Trinajstić information content (AvgIpc) is 2.77. The quantitative estimate of drug-likeness (QED) is 0.644. The lowest BCUT2D eigenvalue weighted by Gasteiger charge is -2.37. The number of ether oxygens (including phenoxy) is 1. The number of likely N-dealkylation sites (tertiary alicyclic amines) is 1. The number of benzene rings is 2. The SMILES string of the molecule is CC(=O)c1ccc(OCC(=O)N2CCC[C@@H](N(C)CCc3ccccc3)C2)cc1. The zero-order valence-corrected chi connectivity index (χ0v) is 17.3. The van der Waals surface area contributed by atoms with Crippen LogP contribution in [0.1, 0.15) is 35.7 Å². The summed E-state index contributed by atoms with van der Waals surface area (Å²) in [5.41, 5.74) is 1.98. The Morgan fingerprint density at radius 2 is 1.83 bits per heavy atom. The van der Waals surface area contributed by atoms with E-state index in [2.05, 4.69) is 36.2 Å². The summed E-state index contributed by atoms with van der Waals surface area (Å²) in [6.07, 6.45) is 3.14. The number of ketones is 1. The van der Waals surface area contributed by atoms with E-state index in [-0.39, 0.29) is 18.3 Å². The summed E-state index contributed by atoms with van der Waals surface area (Å²) in [6.45, 7) is 4.07. The second kappa shape index (κ2) is 10.2. The molecular weight excluding hydrogens is 364 g/mol.